The average Bonchev–Trinajstić information content (AvgIpc) is 3.42. The molecule has 2 aliphatic rings. The Hall–Kier alpha value is -3.54. The van der Waals surface area contributed by atoms with Gasteiger partial charge < -0.3 is 25.7 Å². The second kappa shape index (κ2) is 9.37. The highest BCUT2D eigenvalue weighted by Crippen LogP contribution is 2.34. The van der Waals surface area contributed by atoms with E-state index in [1.807, 2.05) is 32.0 Å². The van der Waals surface area contributed by atoms with Crippen LogP contribution in [0.4, 0.5) is 0 Å². The van der Waals surface area contributed by atoms with Gasteiger partial charge in [-0.2, -0.15) is 5.26 Å². The summed E-state index contributed by atoms with van der Waals surface area (Å²) in [4.78, 5) is 41.4. The van der Waals surface area contributed by atoms with Gasteiger partial charge in [0.25, 0.3) is 5.91 Å². The van der Waals surface area contributed by atoms with Gasteiger partial charge in [-0.25, -0.2) is 0 Å². The maximum Gasteiger partial charge on any atom is 0.268 e. The lowest BCUT2D eigenvalue weighted by atomic mass is 9.92. The van der Waals surface area contributed by atoms with Gasteiger partial charge in [0.2, 0.25) is 11.8 Å². The first-order valence-corrected chi connectivity index (χ1v) is 11.7. The molecule has 3 amide bonds. The molecule has 34 heavy (non-hydrogen) atoms. The molecule has 0 radical (unpaired) electrons. The number of carbonyl (C=O) groups is 3. The molecule has 4 N–H and O–H groups in total. The molecule has 2 aromatic rings. The zero-order valence-corrected chi connectivity index (χ0v) is 19.7. The van der Waals surface area contributed by atoms with Crippen molar-refractivity contribution in [2.24, 2.45) is 11.8 Å². The monoisotopic (exact) mass is 465 g/mol. The molecule has 0 spiro atoms. The van der Waals surface area contributed by atoms with Crippen molar-refractivity contribution in [1.82, 2.24) is 20.9 Å². The summed E-state index contributed by atoms with van der Waals surface area (Å²) in [6.07, 6.45) is 3.39. The van der Waals surface area contributed by atoms with Crippen LogP contribution in [0.3, 0.4) is 0 Å². The standard InChI is InChI=1S/C25H31N5O4/c1-25(2)12-15(22(31)30-25)10-16(13-26)27-23(32)19(9-14-7-8-14)29-24(33)20-11-17-18(28-20)5-4-6-21(17)34-3/h4-6,11,14-16,19,28H,7-10,12H2,1-3H3,(H,27,32)(H,29,33)(H,30,31)/t15-,16?,19?/m1/s1. The van der Waals surface area contributed by atoms with E-state index < -0.39 is 23.9 Å². The van der Waals surface area contributed by atoms with Gasteiger partial charge >= 0.3 is 0 Å². The van der Waals surface area contributed by atoms with Gasteiger partial charge in [0.1, 0.15) is 23.5 Å². The fourth-order valence-electron chi connectivity index (χ4n) is 4.67. The number of aromatic amines is 1. The molecule has 0 bridgehead atoms. The lowest BCUT2D eigenvalue weighted by Crippen LogP contribution is -2.50. The van der Waals surface area contributed by atoms with Gasteiger partial charge in [-0.15, -0.1) is 0 Å². The number of carbonyl (C=O) groups excluding carboxylic acids is 3. The summed E-state index contributed by atoms with van der Waals surface area (Å²) in [5, 5.41) is 18.9. The van der Waals surface area contributed by atoms with E-state index in [0.717, 1.165) is 23.7 Å². The lowest BCUT2D eigenvalue weighted by molar-refractivity contribution is -0.125. The molecule has 1 aromatic carbocycles. The number of rotatable bonds is 9. The van der Waals surface area contributed by atoms with E-state index in [1.165, 1.54) is 0 Å². The second-order valence-electron chi connectivity index (χ2n) is 10.0. The average molecular weight is 466 g/mol. The third-order valence-electron chi connectivity index (χ3n) is 6.56. The van der Waals surface area contributed by atoms with Gasteiger partial charge in [0, 0.05) is 22.4 Å². The van der Waals surface area contributed by atoms with Crippen molar-refractivity contribution in [3.8, 4) is 11.8 Å². The minimum atomic E-state index is -0.812. The normalized spacial score (nSPS) is 20.8. The van der Waals surface area contributed by atoms with E-state index in [1.54, 1.807) is 13.2 Å². The Bertz CT molecular complexity index is 1140. The fraction of sp³-hybridized carbons (Fsp3) is 0.520. The number of amides is 3. The van der Waals surface area contributed by atoms with E-state index in [2.05, 4.69) is 27.0 Å². The van der Waals surface area contributed by atoms with Gasteiger partial charge in [-0.3, -0.25) is 14.4 Å². The van der Waals surface area contributed by atoms with Gasteiger partial charge in [0.05, 0.1) is 13.2 Å². The predicted octanol–water partition coefficient (Wildman–Crippen LogP) is 2.39. The number of ether oxygens (including phenoxy) is 1. The first kappa shape index (κ1) is 23.6. The Labute approximate surface area is 198 Å². The van der Waals surface area contributed by atoms with Crippen LogP contribution in [-0.4, -0.2) is 47.4 Å². The molecular weight excluding hydrogens is 434 g/mol. The third kappa shape index (κ3) is 5.33. The van der Waals surface area contributed by atoms with Crippen LogP contribution in [0, 0.1) is 23.2 Å². The number of aromatic nitrogens is 1. The molecule has 180 valence electrons. The number of hydrogen-bond acceptors (Lipinski definition) is 5. The van der Waals surface area contributed by atoms with Crippen LogP contribution in [-0.2, 0) is 9.59 Å². The van der Waals surface area contributed by atoms with E-state index >= 15 is 0 Å². The molecule has 1 saturated heterocycles. The molecule has 9 heteroatoms. The minimum absolute atomic E-state index is 0.100. The van der Waals surface area contributed by atoms with Crippen LogP contribution in [0.15, 0.2) is 24.3 Å². The molecule has 1 aromatic heterocycles. The van der Waals surface area contributed by atoms with E-state index in [0.29, 0.717) is 30.2 Å². The molecule has 2 unspecified atom stereocenters. The highest BCUT2D eigenvalue weighted by atomic mass is 16.5. The van der Waals surface area contributed by atoms with Crippen molar-refractivity contribution in [2.45, 2.75) is 63.6 Å². The van der Waals surface area contributed by atoms with Crippen molar-refractivity contribution in [3.63, 3.8) is 0 Å². The zero-order valence-electron chi connectivity index (χ0n) is 19.7. The van der Waals surface area contributed by atoms with Crippen molar-refractivity contribution in [3.05, 3.63) is 30.0 Å². The quantitative estimate of drug-likeness (QED) is 0.451. The Morgan fingerprint density at radius 2 is 2.03 bits per heavy atom. The van der Waals surface area contributed by atoms with Crippen molar-refractivity contribution in [1.29, 1.82) is 5.26 Å². The van der Waals surface area contributed by atoms with Crippen LogP contribution in [0.2, 0.25) is 0 Å². The van der Waals surface area contributed by atoms with E-state index in [-0.39, 0.29) is 23.8 Å². The summed E-state index contributed by atoms with van der Waals surface area (Å²) in [7, 11) is 1.57. The molecule has 2 fully saturated rings. The summed E-state index contributed by atoms with van der Waals surface area (Å²) >= 11 is 0. The number of methoxy groups -OCH3 is 1. The zero-order chi connectivity index (χ0) is 24.5. The van der Waals surface area contributed by atoms with Crippen molar-refractivity contribution >= 4 is 28.6 Å². The molecule has 3 atom stereocenters. The first-order chi connectivity index (χ1) is 16.2. The van der Waals surface area contributed by atoms with E-state index in [4.69, 9.17) is 4.74 Å². The SMILES string of the molecule is COc1cccc2[nH]c(C(=O)NC(CC3CC3)C(=O)NC(C#N)C[C@@H]3CC(C)(C)NC3=O)cc12. The molecule has 1 aliphatic carbocycles. The molecular formula is C25H31N5O4. The Balaban J connectivity index is 1.44. The smallest absolute Gasteiger partial charge is 0.268 e. The van der Waals surface area contributed by atoms with Gasteiger partial charge in [-0.1, -0.05) is 18.9 Å². The summed E-state index contributed by atoms with van der Waals surface area (Å²) in [5.41, 5.74) is 0.765. The number of H-pyrrole nitrogens is 1. The lowest BCUT2D eigenvalue weighted by Gasteiger charge is -2.21. The number of nitrogens with zero attached hydrogens (tertiary/aromatic N) is 1. The maximum absolute atomic E-state index is 13.1. The molecule has 2 heterocycles. The first-order valence-electron chi connectivity index (χ1n) is 11.7. The molecule has 4 rings (SSSR count). The third-order valence-corrected chi connectivity index (χ3v) is 6.56. The number of hydrogen-bond donors (Lipinski definition) is 4. The van der Waals surface area contributed by atoms with Crippen LogP contribution in [0.25, 0.3) is 10.9 Å². The summed E-state index contributed by atoms with van der Waals surface area (Å²) < 4.78 is 5.36. The van der Waals surface area contributed by atoms with Crippen LogP contribution >= 0.6 is 0 Å². The number of fused-ring (bicyclic) bond motifs is 1. The van der Waals surface area contributed by atoms with Crippen LogP contribution in [0.1, 0.15) is 56.4 Å². The number of nitrogens with one attached hydrogen (secondary N) is 4. The predicted molar refractivity (Wildman–Crippen MR) is 126 cm³/mol. The largest absolute Gasteiger partial charge is 0.496 e. The Morgan fingerprint density at radius 3 is 2.65 bits per heavy atom. The fourth-order valence-corrected chi connectivity index (χ4v) is 4.67. The second-order valence-corrected chi connectivity index (χ2v) is 10.0. The number of nitriles is 1. The Kier molecular flexibility index (Phi) is 6.51. The molecule has 9 nitrogen and oxygen atoms in total. The highest BCUT2D eigenvalue weighted by Gasteiger charge is 2.39. The van der Waals surface area contributed by atoms with Crippen LogP contribution in [0.5, 0.6) is 5.75 Å². The van der Waals surface area contributed by atoms with Gasteiger partial charge in [0.15, 0.2) is 0 Å². The summed E-state index contributed by atoms with van der Waals surface area (Å²) in [6, 6.07) is 7.72. The topological polar surface area (TPSA) is 136 Å². The number of benzene rings is 1. The molecule has 1 saturated carbocycles. The minimum Gasteiger partial charge on any atom is -0.496 e. The van der Waals surface area contributed by atoms with Crippen LogP contribution < -0.4 is 20.7 Å². The summed E-state index contributed by atoms with van der Waals surface area (Å²) in [5.74, 6) is -0.214. The van der Waals surface area contributed by atoms with Gasteiger partial charge in [-0.05, 0) is 57.2 Å². The van der Waals surface area contributed by atoms with Crippen molar-refractivity contribution in [2.75, 3.05) is 7.11 Å². The van der Waals surface area contributed by atoms with Crippen molar-refractivity contribution < 1.29 is 19.1 Å². The highest BCUT2D eigenvalue weighted by molar-refractivity contribution is 6.01. The summed E-state index contributed by atoms with van der Waals surface area (Å²) in [6.45, 7) is 3.87. The molecule has 1 aliphatic heterocycles. The maximum atomic E-state index is 13.1. The Morgan fingerprint density at radius 1 is 1.26 bits per heavy atom. The van der Waals surface area contributed by atoms with E-state index in [9.17, 15) is 19.6 Å².